The topological polar surface area (TPSA) is 51.5 Å². The maximum atomic E-state index is 11.0. The summed E-state index contributed by atoms with van der Waals surface area (Å²) in [6, 6.07) is 14.7. The van der Waals surface area contributed by atoms with Crippen molar-refractivity contribution in [2.75, 3.05) is 0 Å². The maximum absolute atomic E-state index is 11.0. The van der Waals surface area contributed by atoms with Crippen LogP contribution in [0.4, 0.5) is 0 Å². The highest BCUT2D eigenvalue weighted by molar-refractivity contribution is 5.87. The molecule has 0 spiro atoms. The lowest BCUT2D eigenvalue weighted by Gasteiger charge is -2.24. The van der Waals surface area contributed by atoms with Gasteiger partial charge in [0.15, 0.2) is 0 Å². The average Bonchev–Trinajstić information content (AvgIpc) is 3.08. The molecule has 146 valence electrons. The second kappa shape index (κ2) is 8.09. The van der Waals surface area contributed by atoms with Gasteiger partial charge in [-0.3, -0.25) is 4.79 Å². The van der Waals surface area contributed by atoms with Gasteiger partial charge in [0.2, 0.25) is 0 Å². The number of carbonyl (C=O) groups is 1. The van der Waals surface area contributed by atoms with Gasteiger partial charge in [0.05, 0.1) is 6.10 Å². The minimum Gasteiger partial charge on any atom is -0.490 e. The summed E-state index contributed by atoms with van der Waals surface area (Å²) in [7, 11) is 2.05. The Bertz CT molecular complexity index is 983. The maximum Gasteiger partial charge on any atom is 0.303 e. The van der Waals surface area contributed by atoms with Gasteiger partial charge >= 0.3 is 5.97 Å². The highest BCUT2D eigenvalue weighted by Gasteiger charge is 2.18. The highest BCUT2D eigenvalue weighted by atomic mass is 16.5. The Kier molecular flexibility index (Phi) is 5.38. The summed E-state index contributed by atoms with van der Waals surface area (Å²) in [6.45, 7) is 0. The van der Waals surface area contributed by atoms with E-state index in [1.165, 1.54) is 30.2 Å². The Morgan fingerprint density at radius 1 is 1.11 bits per heavy atom. The summed E-state index contributed by atoms with van der Waals surface area (Å²) in [4.78, 5) is 11.0. The molecule has 1 fully saturated rings. The molecule has 4 rings (SSSR count). The molecule has 1 heterocycles. The van der Waals surface area contributed by atoms with E-state index in [4.69, 9.17) is 9.84 Å². The van der Waals surface area contributed by atoms with E-state index in [1.54, 1.807) is 0 Å². The van der Waals surface area contributed by atoms with Crippen molar-refractivity contribution in [1.82, 2.24) is 4.57 Å². The normalized spacial score (nSPS) is 15.0. The SMILES string of the molecule is Cn1ccc2cc(-c3cc(CCC(=O)O)ccc3OC3CCCCC3)ccc21. The number of aryl methyl sites for hydroxylation is 2. The van der Waals surface area contributed by atoms with Gasteiger partial charge < -0.3 is 14.4 Å². The number of benzene rings is 2. The second-order valence-electron chi connectivity index (χ2n) is 7.80. The fraction of sp³-hybridized carbons (Fsp3) is 0.375. The number of carboxylic acids is 1. The first-order chi connectivity index (χ1) is 13.6. The Labute approximate surface area is 165 Å². The van der Waals surface area contributed by atoms with Crippen LogP contribution in [-0.4, -0.2) is 21.7 Å². The van der Waals surface area contributed by atoms with Crippen molar-refractivity contribution in [2.45, 2.75) is 51.0 Å². The van der Waals surface area contributed by atoms with Crippen LogP contribution in [0.5, 0.6) is 5.75 Å². The van der Waals surface area contributed by atoms with Gasteiger partial charge in [-0.15, -0.1) is 0 Å². The van der Waals surface area contributed by atoms with Crippen LogP contribution in [0, 0.1) is 0 Å². The fourth-order valence-electron chi connectivity index (χ4n) is 4.12. The molecule has 2 aromatic carbocycles. The zero-order valence-electron chi connectivity index (χ0n) is 16.4. The van der Waals surface area contributed by atoms with Gasteiger partial charge in [-0.05, 0) is 73.6 Å². The minimum absolute atomic E-state index is 0.139. The van der Waals surface area contributed by atoms with Crippen molar-refractivity contribution in [3.05, 3.63) is 54.2 Å². The van der Waals surface area contributed by atoms with Crippen LogP contribution in [0.25, 0.3) is 22.0 Å². The first-order valence-corrected chi connectivity index (χ1v) is 10.2. The third-order valence-corrected chi connectivity index (χ3v) is 5.71. The number of aliphatic carboxylic acids is 1. The predicted molar refractivity (Wildman–Crippen MR) is 112 cm³/mol. The third-order valence-electron chi connectivity index (χ3n) is 5.71. The number of ether oxygens (including phenoxy) is 1. The number of fused-ring (bicyclic) bond motifs is 1. The molecule has 1 aliphatic rings. The van der Waals surface area contributed by atoms with Gasteiger partial charge in [-0.2, -0.15) is 0 Å². The van der Waals surface area contributed by atoms with Crippen LogP contribution in [0.1, 0.15) is 44.1 Å². The largest absolute Gasteiger partial charge is 0.490 e. The third kappa shape index (κ3) is 4.06. The van der Waals surface area contributed by atoms with Crippen LogP contribution < -0.4 is 4.74 Å². The van der Waals surface area contributed by atoms with E-state index >= 15 is 0 Å². The van der Waals surface area contributed by atoms with E-state index in [-0.39, 0.29) is 12.5 Å². The van der Waals surface area contributed by atoms with Crippen molar-refractivity contribution in [3.8, 4) is 16.9 Å². The van der Waals surface area contributed by atoms with Gasteiger partial charge in [-0.25, -0.2) is 0 Å². The Balaban J connectivity index is 1.70. The molecule has 1 aliphatic carbocycles. The number of aromatic nitrogens is 1. The minimum atomic E-state index is -0.769. The molecule has 0 bridgehead atoms. The molecule has 4 nitrogen and oxygen atoms in total. The Morgan fingerprint density at radius 3 is 2.71 bits per heavy atom. The standard InChI is InChI=1S/C24H27NO3/c1-25-14-13-19-16-18(9-10-22(19)25)21-15-17(8-12-24(26)27)7-11-23(21)28-20-5-3-2-4-6-20/h7,9-11,13-16,20H,2-6,8,12H2,1H3,(H,26,27). The average molecular weight is 377 g/mol. The van der Waals surface area contributed by atoms with Crippen molar-refractivity contribution >= 4 is 16.9 Å². The molecular formula is C24H27NO3. The van der Waals surface area contributed by atoms with E-state index in [9.17, 15) is 4.79 Å². The summed E-state index contributed by atoms with van der Waals surface area (Å²) in [5.74, 6) is 0.135. The van der Waals surface area contributed by atoms with Gasteiger partial charge in [-0.1, -0.05) is 18.6 Å². The molecule has 4 heteroatoms. The van der Waals surface area contributed by atoms with Crippen molar-refractivity contribution in [2.24, 2.45) is 7.05 Å². The lowest BCUT2D eigenvalue weighted by Crippen LogP contribution is -2.20. The first kappa shape index (κ1) is 18.6. The molecule has 3 aromatic rings. The molecule has 0 aliphatic heterocycles. The summed E-state index contributed by atoms with van der Waals surface area (Å²) >= 11 is 0. The smallest absolute Gasteiger partial charge is 0.303 e. The second-order valence-corrected chi connectivity index (χ2v) is 7.80. The molecule has 0 radical (unpaired) electrons. The van der Waals surface area contributed by atoms with Crippen molar-refractivity contribution in [3.63, 3.8) is 0 Å². The van der Waals surface area contributed by atoms with E-state index in [0.717, 1.165) is 35.3 Å². The molecule has 0 amide bonds. The van der Waals surface area contributed by atoms with E-state index in [0.29, 0.717) is 6.42 Å². The summed E-state index contributed by atoms with van der Waals surface area (Å²) in [5, 5.41) is 10.2. The van der Waals surface area contributed by atoms with Gasteiger partial charge in [0.1, 0.15) is 5.75 Å². The number of rotatable bonds is 6. The molecule has 1 aromatic heterocycles. The molecule has 0 atom stereocenters. The number of nitrogens with zero attached hydrogens (tertiary/aromatic N) is 1. The van der Waals surface area contributed by atoms with Crippen LogP contribution in [0.3, 0.4) is 0 Å². The molecule has 1 N–H and O–H groups in total. The lowest BCUT2D eigenvalue weighted by atomic mass is 9.96. The molecular weight excluding hydrogens is 350 g/mol. The Morgan fingerprint density at radius 2 is 1.93 bits per heavy atom. The molecule has 1 saturated carbocycles. The number of hydrogen-bond donors (Lipinski definition) is 1. The first-order valence-electron chi connectivity index (χ1n) is 10.2. The van der Waals surface area contributed by atoms with Crippen LogP contribution >= 0.6 is 0 Å². The highest BCUT2D eigenvalue weighted by Crippen LogP contribution is 2.35. The fourth-order valence-corrected chi connectivity index (χ4v) is 4.12. The van der Waals surface area contributed by atoms with Crippen LogP contribution in [0.15, 0.2) is 48.7 Å². The van der Waals surface area contributed by atoms with Crippen LogP contribution in [0.2, 0.25) is 0 Å². The van der Waals surface area contributed by atoms with E-state index in [2.05, 4.69) is 41.1 Å². The lowest BCUT2D eigenvalue weighted by molar-refractivity contribution is -0.136. The summed E-state index contributed by atoms with van der Waals surface area (Å²) < 4.78 is 8.53. The molecule has 0 unspecified atom stereocenters. The zero-order chi connectivity index (χ0) is 19.5. The predicted octanol–water partition coefficient (Wildman–Crippen LogP) is 5.57. The van der Waals surface area contributed by atoms with Crippen molar-refractivity contribution in [1.29, 1.82) is 0 Å². The van der Waals surface area contributed by atoms with E-state index in [1.807, 2.05) is 19.2 Å². The summed E-state index contributed by atoms with van der Waals surface area (Å²) in [6.07, 6.45) is 8.98. The quantitative estimate of drug-likeness (QED) is 0.610. The molecule has 28 heavy (non-hydrogen) atoms. The Hall–Kier alpha value is -2.75. The zero-order valence-corrected chi connectivity index (χ0v) is 16.4. The van der Waals surface area contributed by atoms with Crippen molar-refractivity contribution < 1.29 is 14.6 Å². The van der Waals surface area contributed by atoms with Gasteiger partial charge in [0, 0.05) is 36.1 Å². The van der Waals surface area contributed by atoms with Crippen LogP contribution in [-0.2, 0) is 18.3 Å². The van der Waals surface area contributed by atoms with Gasteiger partial charge in [0.25, 0.3) is 0 Å². The van der Waals surface area contributed by atoms with E-state index < -0.39 is 5.97 Å². The number of carboxylic acid groups (broad SMARTS) is 1. The summed E-state index contributed by atoms with van der Waals surface area (Å²) in [5.41, 5.74) is 4.39. The monoisotopic (exact) mass is 377 g/mol. The number of hydrogen-bond acceptors (Lipinski definition) is 2. The molecule has 0 saturated heterocycles.